The maximum atomic E-state index is 11.7. The van der Waals surface area contributed by atoms with E-state index in [2.05, 4.69) is 10.3 Å². The summed E-state index contributed by atoms with van der Waals surface area (Å²) in [6.07, 6.45) is 4.16. The van der Waals surface area contributed by atoms with Crippen LogP contribution in [0.1, 0.15) is 22.7 Å². The number of furan rings is 1. The van der Waals surface area contributed by atoms with E-state index < -0.39 is 0 Å². The Bertz CT molecular complexity index is 565. The highest BCUT2D eigenvalue weighted by Crippen LogP contribution is 2.21. The summed E-state index contributed by atoms with van der Waals surface area (Å²) >= 11 is 1.55. The van der Waals surface area contributed by atoms with Crippen LogP contribution in [0, 0.1) is 0 Å². The van der Waals surface area contributed by atoms with E-state index in [-0.39, 0.29) is 12.5 Å². The molecule has 0 spiro atoms. The molecule has 6 nitrogen and oxygen atoms in total. The van der Waals surface area contributed by atoms with Gasteiger partial charge in [0.2, 0.25) is 0 Å². The van der Waals surface area contributed by atoms with Crippen LogP contribution < -0.4 is 5.32 Å². The number of hydrogen-bond donors (Lipinski definition) is 2. The molecular formula is C13H17N3O3S. The number of aryl methyl sites for hydroxylation is 1. The van der Waals surface area contributed by atoms with Gasteiger partial charge in [-0.15, -0.1) is 0 Å². The van der Waals surface area contributed by atoms with E-state index >= 15 is 0 Å². The lowest BCUT2D eigenvalue weighted by Crippen LogP contribution is -2.24. The third-order valence-corrected chi connectivity index (χ3v) is 3.71. The molecule has 0 fully saturated rings. The first-order valence-corrected chi connectivity index (χ1v) is 7.27. The number of carbonyl (C=O) groups excluding carboxylic acids is 1. The molecule has 2 N–H and O–H groups in total. The van der Waals surface area contributed by atoms with Crippen molar-refractivity contribution in [1.82, 2.24) is 14.9 Å². The fraction of sp³-hybridized carbons (Fsp3) is 0.385. The Hall–Kier alpha value is -1.73. The van der Waals surface area contributed by atoms with Gasteiger partial charge in [0.15, 0.2) is 10.9 Å². The van der Waals surface area contributed by atoms with E-state index in [1.165, 1.54) is 0 Å². The molecule has 2 aromatic rings. The fourth-order valence-corrected chi connectivity index (χ4v) is 2.40. The van der Waals surface area contributed by atoms with Crippen molar-refractivity contribution in [2.45, 2.75) is 17.3 Å². The number of carbonyl (C=O) groups is 1. The third-order valence-electron chi connectivity index (χ3n) is 2.63. The van der Waals surface area contributed by atoms with Gasteiger partial charge in [-0.05, 0) is 18.6 Å². The van der Waals surface area contributed by atoms with Gasteiger partial charge in [-0.25, -0.2) is 4.98 Å². The molecular weight excluding hydrogens is 278 g/mol. The van der Waals surface area contributed by atoms with Crippen molar-refractivity contribution in [2.24, 2.45) is 7.05 Å². The third kappa shape index (κ3) is 3.88. The number of thioether (sulfide) groups is 1. The average molecular weight is 295 g/mol. The van der Waals surface area contributed by atoms with Crippen LogP contribution in [-0.2, 0) is 12.8 Å². The fourth-order valence-electron chi connectivity index (χ4n) is 1.57. The second kappa shape index (κ2) is 7.16. The molecule has 7 heteroatoms. The molecule has 1 amide bonds. The van der Waals surface area contributed by atoms with Crippen molar-refractivity contribution in [2.75, 3.05) is 13.2 Å². The first-order chi connectivity index (χ1) is 9.70. The van der Waals surface area contributed by atoms with Gasteiger partial charge in [0.05, 0.1) is 5.75 Å². The highest BCUT2D eigenvalue weighted by Gasteiger charge is 2.11. The van der Waals surface area contributed by atoms with Gasteiger partial charge >= 0.3 is 0 Å². The van der Waals surface area contributed by atoms with Crippen molar-refractivity contribution >= 4 is 17.7 Å². The van der Waals surface area contributed by atoms with Crippen LogP contribution in [0.3, 0.4) is 0 Å². The minimum Gasteiger partial charge on any atom is -0.455 e. The number of aliphatic hydroxyl groups excluding tert-OH is 1. The van der Waals surface area contributed by atoms with Gasteiger partial charge in [-0.3, -0.25) is 4.79 Å². The van der Waals surface area contributed by atoms with E-state index in [0.717, 1.165) is 10.9 Å². The zero-order valence-corrected chi connectivity index (χ0v) is 12.0. The van der Waals surface area contributed by atoms with Crippen molar-refractivity contribution < 1.29 is 14.3 Å². The molecule has 0 unspecified atom stereocenters. The van der Waals surface area contributed by atoms with Gasteiger partial charge in [0.25, 0.3) is 5.91 Å². The van der Waals surface area contributed by atoms with Crippen LogP contribution in [0.4, 0.5) is 0 Å². The Morgan fingerprint density at radius 2 is 2.40 bits per heavy atom. The number of imidazole rings is 1. The number of amides is 1. The van der Waals surface area contributed by atoms with Crippen LogP contribution in [-0.4, -0.2) is 33.7 Å². The zero-order chi connectivity index (χ0) is 14.4. The maximum absolute atomic E-state index is 11.7. The minimum atomic E-state index is -0.258. The summed E-state index contributed by atoms with van der Waals surface area (Å²) in [5, 5.41) is 12.2. The summed E-state index contributed by atoms with van der Waals surface area (Å²) in [5.74, 6) is 1.38. The lowest BCUT2D eigenvalue weighted by atomic mass is 10.4. The van der Waals surface area contributed by atoms with Gasteiger partial charge in [-0.1, -0.05) is 11.8 Å². The Morgan fingerprint density at radius 1 is 1.55 bits per heavy atom. The summed E-state index contributed by atoms with van der Waals surface area (Å²) in [6, 6.07) is 3.44. The monoisotopic (exact) mass is 295 g/mol. The number of aliphatic hydroxyl groups is 1. The highest BCUT2D eigenvalue weighted by molar-refractivity contribution is 7.98. The lowest BCUT2D eigenvalue weighted by molar-refractivity contribution is 0.0922. The topological polar surface area (TPSA) is 80.3 Å². The van der Waals surface area contributed by atoms with Crippen molar-refractivity contribution in [3.8, 4) is 0 Å². The summed E-state index contributed by atoms with van der Waals surface area (Å²) < 4.78 is 7.41. The summed E-state index contributed by atoms with van der Waals surface area (Å²) in [4.78, 5) is 15.9. The van der Waals surface area contributed by atoms with E-state index in [9.17, 15) is 4.79 Å². The molecule has 0 aliphatic heterocycles. The van der Waals surface area contributed by atoms with Gasteiger partial charge in [-0.2, -0.15) is 0 Å². The summed E-state index contributed by atoms with van der Waals surface area (Å²) in [7, 11) is 1.93. The molecule has 2 rings (SSSR count). The predicted molar refractivity (Wildman–Crippen MR) is 75.5 cm³/mol. The van der Waals surface area contributed by atoms with Crippen LogP contribution in [0.25, 0.3) is 0 Å². The first-order valence-electron chi connectivity index (χ1n) is 6.28. The quantitative estimate of drug-likeness (QED) is 0.596. The van der Waals surface area contributed by atoms with Crippen molar-refractivity contribution in [3.63, 3.8) is 0 Å². The Labute approximate surface area is 121 Å². The molecule has 20 heavy (non-hydrogen) atoms. The first kappa shape index (κ1) is 14.7. The Morgan fingerprint density at radius 3 is 3.10 bits per heavy atom. The molecule has 0 aliphatic rings. The van der Waals surface area contributed by atoms with Crippen LogP contribution in [0.15, 0.2) is 34.1 Å². The standard InChI is InChI=1S/C13H17N3O3S/c1-16-7-6-15-13(16)20-9-10-3-4-11(19-10)12(18)14-5-2-8-17/h3-4,6-7,17H,2,5,8-9H2,1H3,(H,14,18). The zero-order valence-electron chi connectivity index (χ0n) is 11.2. The molecule has 0 radical (unpaired) electrons. The highest BCUT2D eigenvalue weighted by atomic mass is 32.2. The van der Waals surface area contributed by atoms with Gasteiger partial charge in [0.1, 0.15) is 5.76 Å². The normalized spacial score (nSPS) is 10.7. The SMILES string of the molecule is Cn1ccnc1SCc1ccc(C(=O)NCCCO)o1. The number of aromatic nitrogens is 2. The van der Waals surface area contributed by atoms with E-state index in [1.807, 2.05) is 17.8 Å². The van der Waals surface area contributed by atoms with Crippen LogP contribution in [0.2, 0.25) is 0 Å². The Kier molecular flexibility index (Phi) is 5.25. The molecule has 0 aromatic carbocycles. The predicted octanol–water partition coefficient (Wildman–Crippen LogP) is 1.42. The van der Waals surface area contributed by atoms with E-state index in [4.69, 9.17) is 9.52 Å². The number of nitrogens with one attached hydrogen (secondary N) is 1. The minimum absolute atomic E-state index is 0.0595. The summed E-state index contributed by atoms with van der Waals surface area (Å²) in [5.41, 5.74) is 0. The van der Waals surface area contributed by atoms with E-state index in [0.29, 0.717) is 24.5 Å². The largest absolute Gasteiger partial charge is 0.455 e. The van der Waals surface area contributed by atoms with Crippen LogP contribution in [0.5, 0.6) is 0 Å². The molecule has 0 bridgehead atoms. The van der Waals surface area contributed by atoms with Crippen molar-refractivity contribution in [3.05, 3.63) is 36.0 Å². The number of nitrogens with zero attached hydrogens (tertiary/aromatic N) is 2. The molecule has 108 valence electrons. The molecule has 2 aromatic heterocycles. The van der Waals surface area contributed by atoms with Crippen molar-refractivity contribution in [1.29, 1.82) is 0 Å². The molecule has 0 aliphatic carbocycles. The Balaban J connectivity index is 1.85. The second-order valence-corrected chi connectivity index (χ2v) is 5.15. The smallest absolute Gasteiger partial charge is 0.286 e. The van der Waals surface area contributed by atoms with Gasteiger partial charge < -0.3 is 19.4 Å². The molecule has 0 saturated heterocycles. The second-order valence-electron chi connectivity index (χ2n) is 4.21. The number of hydrogen-bond acceptors (Lipinski definition) is 5. The molecule has 2 heterocycles. The van der Waals surface area contributed by atoms with Gasteiger partial charge in [0, 0.05) is 32.6 Å². The molecule has 0 saturated carbocycles. The molecule has 0 atom stereocenters. The average Bonchev–Trinajstić information content (AvgIpc) is 3.05. The lowest BCUT2D eigenvalue weighted by Gasteiger charge is -2.01. The van der Waals surface area contributed by atoms with E-state index in [1.54, 1.807) is 30.1 Å². The summed E-state index contributed by atoms with van der Waals surface area (Å²) in [6.45, 7) is 0.497. The maximum Gasteiger partial charge on any atom is 0.286 e. The number of rotatable bonds is 7. The van der Waals surface area contributed by atoms with Crippen LogP contribution >= 0.6 is 11.8 Å².